The van der Waals surface area contributed by atoms with Crippen molar-refractivity contribution in [2.75, 3.05) is 19.6 Å². The molecule has 0 spiro atoms. The third kappa shape index (κ3) is 5.52. The zero-order valence-electron chi connectivity index (χ0n) is 14.1. The van der Waals surface area contributed by atoms with E-state index in [0.29, 0.717) is 12.6 Å². The number of benzene rings is 1. The number of piperidine rings is 1. The lowest BCUT2D eigenvalue weighted by Gasteiger charge is -2.32. The summed E-state index contributed by atoms with van der Waals surface area (Å²) in [5.74, 6) is 1.00. The average Bonchev–Trinajstić information content (AvgIpc) is 2.60. The number of ether oxygens (including phenoxy) is 1. The molecule has 23 heavy (non-hydrogen) atoms. The van der Waals surface area contributed by atoms with Gasteiger partial charge in [-0.15, -0.1) is 0 Å². The predicted octanol–water partition coefficient (Wildman–Crippen LogP) is 1.94. The van der Waals surface area contributed by atoms with E-state index < -0.39 is 0 Å². The second kappa shape index (κ2) is 8.89. The SMILES string of the molecule is CCC(C)NCC(=O)N1CCC(Oc2ccc(CO)cc2)CC1. The number of nitrogens with zero attached hydrogens (tertiary/aromatic N) is 1. The van der Waals surface area contributed by atoms with E-state index in [4.69, 9.17) is 9.84 Å². The van der Waals surface area contributed by atoms with Crippen molar-refractivity contribution in [3.05, 3.63) is 29.8 Å². The molecule has 1 aromatic rings. The minimum Gasteiger partial charge on any atom is -0.490 e. The number of likely N-dealkylation sites (tertiary alicyclic amines) is 1. The van der Waals surface area contributed by atoms with E-state index in [-0.39, 0.29) is 18.6 Å². The summed E-state index contributed by atoms with van der Waals surface area (Å²) < 4.78 is 5.96. The van der Waals surface area contributed by atoms with Gasteiger partial charge in [0.25, 0.3) is 0 Å². The van der Waals surface area contributed by atoms with Crippen LogP contribution in [0.5, 0.6) is 5.75 Å². The Hall–Kier alpha value is -1.59. The van der Waals surface area contributed by atoms with Gasteiger partial charge in [0.15, 0.2) is 0 Å². The van der Waals surface area contributed by atoms with Crippen molar-refractivity contribution < 1.29 is 14.6 Å². The molecule has 1 unspecified atom stereocenters. The van der Waals surface area contributed by atoms with Crippen molar-refractivity contribution in [1.82, 2.24) is 10.2 Å². The third-order valence-corrected chi connectivity index (χ3v) is 4.42. The average molecular weight is 320 g/mol. The largest absolute Gasteiger partial charge is 0.490 e. The third-order valence-electron chi connectivity index (χ3n) is 4.42. The molecule has 0 radical (unpaired) electrons. The van der Waals surface area contributed by atoms with E-state index in [1.54, 1.807) is 0 Å². The molecule has 1 aliphatic heterocycles. The minimum atomic E-state index is 0.0471. The Morgan fingerprint density at radius 1 is 1.35 bits per heavy atom. The van der Waals surface area contributed by atoms with Crippen LogP contribution in [-0.2, 0) is 11.4 Å². The number of hydrogen-bond donors (Lipinski definition) is 2. The molecule has 1 aromatic carbocycles. The minimum absolute atomic E-state index is 0.0471. The van der Waals surface area contributed by atoms with Crippen LogP contribution in [0.4, 0.5) is 0 Å². The van der Waals surface area contributed by atoms with Gasteiger partial charge in [-0.3, -0.25) is 4.79 Å². The Bertz CT molecular complexity index is 482. The second-order valence-corrected chi connectivity index (χ2v) is 6.19. The van der Waals surface area contributed by atoms with Crippen molar-refractivity contribution >= 4 is 5.91 Å². The maximum atomic E-state index is 12.2. The fourth-order valence-corrected chi connectivity index (χ4v) is 2.61. The van der Waals surface area contributed by atoms with E-state index in [0.717, 1.165) is 43.7 Å². The summed E-state index contributed by atoms with van der Waals surface area (Å²) in [5, 5.41) is 12.3. The van der Waals surface area contributed by atoms with Crippen LogP contribution < -0.4 is 10.1 Å². The van der Waals surface area contributed by atoms with Gasteiger partial charge in [-0.2, -0.15) is 0 Å². The molecule has 1 saturated heterocycles. The predicted molar refractivity (Wildman–Crippen MR) is 90.4 cm³/mol. The Kier molecular flexibility index (Phi) is 6.86. The molecule has 128 valence electrons. The lowest BCUT2D eigenvalue weighted by atomic mass is 10.1. The fraction of sp³-hybridized carbons (Fsp3) is 0.611. The highest BCUT2D eigenvalue weighted by atomic mass is 16.5. The lowest BCUT2D eigenvalue weighted by Crippen LogP contribution is -2.46. The quantitative estimate of drug-likeness (QED) is 0.806. The van der Waals surface area contributed by atoms with Crippen LogP contribution in [0.1, 0.15) is 38.7 Å². The summed E-state index contributed by atoms with van der Waals surface area (Å²) in [4.78, 5) is 14.1. The zero-order valence-corrected chi connectivity index (χ0v) is 14.1. The van der Waals surface area contributed by atoms with Crippen LogP contribution in [-0.4, -0.2) is 47.7 Å². The van der Waals surface area contributed by atoms with E-state index >= 15 is 0 Å². The first-order chi connectivity index (χ1) is 11.1. The van der Waals surface area contributed by atoms with Crippen LogP contribution in [0.2, 0.25) is 0 Å². The standard InChI is InChI=1S/C18H28N2O3/c1-3-14(2)19-12-18(22)20-10-8-17(9-11-20)23-16-6-4-15(13-21)5-7-16/h4-7,14,17,19,21H,3,8-13H2,1-2H3. The Morgan fingerprint density at radius 3 is 2.57 bits per heavy atom. The Labute approximate surface area is 138 Å². The molecule has 1 amide bonds. The van der Waals surface area contributed by atoms with Crippen molar-refractivity contribution in [3.8, 4) is 5.75 Å². The summed E-state index contributed by atoms with van der Waals surface area (Å²) in [7, 11) is 0. The van der Waals surface area contributed by atoms with Gasteiger partial charge in [0, 0.05) is 32.0 Å². The Balaban J connectivity index is 1.73. The van der Waals surface area contributed by atoms with Gasteiger partial charge >= 0.3 is 0 Å². The first-order valence-electron chi connectivity index (χ1n) is 8.50. The van der Waals surface area contributed by atoms with Gasteiger partial charge in [-0.25, -0.2) is 0 Å². The second-order valence-electron chi connectivity index (χ2n) is 6.19. The smallest absolute Gasteiger partial charge is 0.236 e. The molecule has 0 aliphatic carbocycles. The van der Waals surface area contributed by atoms with Gasteiger partial charge in [0.2, 0.25) is 5.91 Å². The van der Waals surface area contributed by atoms with Gasteiger partial charge in [0.1, 0.15) is 11.9 Å². The summed E-state index contributed by atoms with van der Waals surface area (Å²) >= 11 is 0. The molecule has 5 nitrogen and oxygen atoms in total. The van der Waals surface area contributed by atoms with Gasteiger partial charge < -0.3 is 20.1 Å². The van der Waals surface area contributed by atoms with Crippen molar-refractivity contribution in [2.45, 2.75) is 51.9 Å². The molecular weight excluding hydrogens is 292 g/mol. The Morgan fingerprint density at radius 2 is 2.00 bits per heavy atom. The molecule has 0 aromatic heterocycles. The molecule has 1 aliphatic rings. The van der Waals surface area contributed by atoms with Crippen LogP contribution in [0, 0.1) is 0 Å². The lowest BCUT2D eigenvalue weighted by molar-refractivity contribution is -0.132. The highest BCUT2D eigenvalue weighted by Gasteiger charge is 2.23. The fourth-order valence-electron chi connectivity index (χ4n) is 2.61. The summed E-state index contributed by atoms with van der Waals surface area (Å²) in [6.45, 7) is 6.17. The summed E-state index contributed by atoms with van der Waals surface area (Å²) in [6, 6.07) is 7.89. The van der Waals surface area contributed by atoms with Crippen molar-refractivity contribution in [1.29, 1.82) is 0 Å². The first kappa shape index (κ1) is 17.8. The van der Waals surface area contributed by atoms with Crippen LogP contribution >= 0.6 is 0 Å². The van der Waals surface area contributed by atoms with E-state index in [2.05, 4.69) is 19.2 Å². The molecule has 2 N–H and O–H groups in total. The molecule has 1 atom stereocenters. The van der Waals surface area contributed by atoms with Gasteiger partial charge in [-0.05, 0) is 31.0 Å². The monoisotopic (exact) mass is 320 g/mol. The molecule has 0 saturated carbocycles. The number of rotatable bonds is 7. The number of hydrogen-bond acceptors (Lipinski definition) is 4. The molecular formula is C18H28N2O3. The molecule has 0 bridgehead atoms. The number of amides is 1. The summed E-state index contributed by atoms with van der Waals surface area (Å²) in [6.07, 6.45) is 2.90. The molecule has 2 rings (SSSR count). The topological polar surface area (TPSA) is 61.8 Å². The van der Waals surface area contributed by atoms with Crippen molar-refractivity contribution in [2.24, 2.45) is 0 Å². The van der Waals surface area contributed by atoms with Gasteiger partial charge in [-0.1, -0.05) is 19.1 Å². The maximum Gasteiger partial charge on any atom is 0.236 e. The van der Waals surface area contributed by atoms with Crippen molar-refractivity contribution in [3.63, 3.8) is 0 Å². The van der Waals surface area contributed by atoms with E-state index in [1.165, 1.54) is 0 Å². The number of carbonyl (C=O) groups excluding carboxylic acids is 1. The molecule has 1 heterocycles. The highest BCUT2D eigenvalue weighted by molar-refractivity contribution is 5.78. The number of aliphatic hydroxyl groups is 1. The van der Waals surface area contributed by atoms with E-state index in [9.17, 15) is 4.79 Å². The number of carbonyl (C=O) groups is 1. The van der Waals surface area contributed by atoms with Gasteiger partial charge in [0.05, 0.1) is 13.2 Å². The molecule has 1 fully saturated rings. The highest BCUT2D eigenvalue weighted by Crippen LogP contribution is 2.19. The first-order valence-corrected chi connectivity index (χ1v) is 8.50. The van der Waals surface area contributed by atoms with Crippen LogP contribution in [0.25, 0.3) is 0 Å². The number of aliphatic hydroxyl groups excluding tert-OH is 1. The molecule has 5 heteroatoms. The normalized spacial score (nSPS) is 17.1. The number of nitrogens with one attached hydrogen (secondary N) is 1. The maximum absolute atomic E-state index is 12.2. The van der Waals surface area contributed by atoms with Crippen LogP contribution in [0.15, 0.2) is 24.3 Å². The van der Waals surface area contributed by atoms with Crippen LogP contribution in [0.3, 0.4) is 0 Å². The van der Waals surface area contributed by atoms with E-state index in [1.807, 2.05) is 29.2 Å². The zero-order chi connectivity index (χ0) is 16.7. The summed E-state index contributed by atoms with van der Waals surface area (Å²) in [5.41, 5.74) is 0.881.